The van der Waals surface area contributed by atoms with Crippen molar-refractivity contribution in [3.63, 3.8) is 0 Å². The van der Waals surface area contributed by atoms with Crippen molar-refractivity contribution < 1.29 is 0 Å². The highest BCUT2D eigenvalue weighted by Gasteiger charge is 2.20. The maximum Gasteiger partial charge on any atom is 0.0167 e. The molecule has 14 heavy (non-hydrogen) atoms. The Morgan fingerprint density at radius 1 is 1.36 bits per heavy atom. The third-order valence-corrected chi connectivity index (χ3v) is 3.37. The predicted octanol–water partition coefficient (Wildman–Crippen LogP) is 0.280. The van der Waals surface area contributed by atoms with Crippen LogP contribution < -0.4 is 10.6 Å². The van der Waals surface area contributed by atoms with Gasteiger partial charge in [0.2, 0.25) is 0 Å². The molecular weight excluding hydrogens is 174 g/mol. The van der Waals surface area contributed by atoms with Crippen molar-refractivity contribution >= 4 is 0 Å². The van der Waals surface area contributed by atoms with E-state index in [-0.39, 0.29) is 0 Å². The predicted molar refractivity (Wildman–Crippen MR) is 59.5 cm³/mol. The minimum Gasteiger partial charge on any atom is -0.316 e. The molecule has 0 aliphatic carbocycles. The van der Waals surface area contributed by atoms with Crippen molar-refractivity contribution in [2.24, 2.45) is 5.92 Å². The fourth-order valence-corrected chi connectivity index (χ4v) is 2.62. The SMILES string of the molecule is CC1CN(CC2CCCNC2)CCN1. The lowest BCUT2D eigenvalue weighted by molar-refractivity contribution is 0.166. The van der Waals surface area contributed by atoms with Crippen LogP contribution in [0.15, 0.2) is 0 Å². The lowest BCUT2D eigenvalue weighted by Crippen LogP contribution is -2.51. The van der Waals surface area contributed by atoms with Crippen LogP contribution in [0.5, 0.6) is 0 Å². The van der Waals surface area contributed by atoms with Crippen LogP contribution in [0.25, 0.3) is 0 Å². The first-order valence-corrected chi connectivity index (χ1v) is 6.01. The Morgan fingerprint density at radius 2 is 2.29 bits per heavy atom. The van der Waals surface area contributed by atoms with Gasteiger partial charge in [0.25, 0.3) is 0 Å². The van der Waals surface area contributed by atoms with Crippen LogP contribution in [0.4, 0.5) is 0 Å². The molecule has 0 amide bonds. The van der Waals surface area contributed by atoms with Gasteiger partial charge in [-0.2, -0.15) is 0 Å². The van der Waals surface area contributed by atoms with Gasteiger partial charge < -0.3 is 15.5 Å². The Morgan fingerprint density at radius 3 is 3.00 bits per heavy atom. The third-order valence-electron chi connectivity index (χ3n) is 3.37. The maximum atomic E-state index is 3.49. The van der Waals surface area contributed by atoms with Crippen LogP contribution in [-0.4, -0.2) is 50.2 Å². The monoisotopic (exact) mass is 197 g/mol. The highest BCUT2D eigenvalue weighted by Crippen LogP contribution is 2.12. The number of hydrogen-bond donors (Lipinski definition) is 2. The molecule has 0 bridgehead atoms. The van der Waals surface area contributed by atoms with Gasteiger partial charge in [-0.1, -0.05) is 0 Å². The largest absolute Gasteiger partial charge is 0.316 e. The fourth-order valence-electron chi connectivity index (χ4n) is 2.62. The van der Waals surface area contributed by atoms with E-state index in [4.69, 9.17) is 0 Å². The molecule has 3 nitrogen and oxygen atoms in total. The highest BCUT2D eigenvalue weighted by molar-refractivity contribution is 4.79. The molecule has 2 unspecified atom stereocenters. The van der Waals surface area contributed by atoms with E-state index in [1.807, 2.05) is 0 Å². The van der Waals surface area contributed by atoms with E-state index in [1.54, 1.807) is 0 Å². The third kappa shape index (κ3) is 2.94. The average Bonchev–Trinajstić information content (AvgIpc) is 2.19. The zero-order valence-corrected chi connectivity index (χ0v) is 9.26. The van der Waals surface area contributed by atoms with Gasteiger partial charge in [-0.25, -0.2) is 0 Å². The van der Waals surface area contributed by atoms with Gasteiger partial charge >= 0.3 is 0 Å². The zero-order valence-electron chi connectivity index (χ0n) is 9.26. The van der Waals surface area contributed by atoms with Crippen LogP contribution in [0.2, 0.25) is 0 Å². The summed E-state index contributed by atoms with van der Waals surface area (Å²) in [6.45, 7) is 9.69. The molecule has 2 saturated heterocycles. The van der Waals surface area contributed by atoms with Gasteiger partial charge in [-0.3, -0.25) is 0 Å². The zero-order chi connectivity index (χ0) is 9.80. The summed E-state index contributed by atoms with van der Waals surface area (Å²) >= 11 is 0. The molecule has 0 saturated carbocycles. The quantitative estimate of drug-likeness (QED) is 0.666. The van der Waals surface area contributed by atoms with E-state index in [1.165, 1.54) is 52.1 Å². The summed E-state index contributed by atoms with van der Waals surface area (Å²) in [5.41, 5.74) is 0. The minimum absolute atomic E-state index is 0.681. The standard InChI is InChI=1S/C11H23N3/c1-10-8-14(6-5-13-10)9-11-3-2-4-12-7-11/h10-13H,2-9H2,1H3. The molecule has 2 atom stereocenters. The van der Waals surface area contributed by atoms with E-state index in [9.17, 15) is 0 Å². The van der Waals surface area contributed by atoms with E-state index in [0.29, 0.717) is 6.04 Å². The number of nitrogens with one attached hydrogen (secondary N) is 2. The van der Waals surface area contributed by atoms with Gasteiger partial charge in [0, 0.05) is 32.2 Å². The fraction of sp³-hybridized carbons (Fsp3) is 1.00. The smallest absolute Gasteiger partial charge is 0.0167 e. The lowest BCUT2D eigenvalue weighted by Gasteiger charge is -2.35. The maximum absolute atomic E-state index is 3.49. The molecule has 2 fully saturated rings. The Labute approximate surface area is 87.2 Å². The Kier molecular flexibility index (Phi) is 3.79. The lowest BCUT2D eigenvalue weighted by atomic mass is 9.98. The Balaban J connectivity index is 1.72. The van der Waals surface area contributed by atoms with Gasteiger partial charge in [0.05, 0.1) is 0 Å². The highest BCUT2D eigenvalue weighted by atomic mass is 15.2. The summed E-state index contributed by atoms with van der Waals surface area (Å²) in [6, 6.07) is 0.681. The van der Waals surface area contributed by atoms with Crippen LogP contribution >= 0.6 is 0 Å². The summed E-state index contributed by atoms with van der Waals surface area (Å²) in [6.07, 6.45) is 2.79. The van der Waals surface area contributed by atoms with Gasteiger partial charge in [0.15, 0.2) is 0 Å². The molecule has 3 heteroatoms. The molecule has 2 rings (SSSR count). The molecule has 2 heterocycles. The van der Waals surface area contributed by atoms with Crippen LogP contribution in [-0.2, 0) is 0 Å². The normalized spacial score (nSPS) is 35.8. The number of piperidine rings is 1. The topological polar surface area (TPSA) is 27.3 Å². The Bertz CT molecular complexity index is 166. The summed E-state index contributed by atoms with van der Waals surface area (Å²) in [5, 5.41) is 6.99. The van der Waals surface area contributed by atoms with Crippen LogP contribution in [0.3, 0.4) is 0 Å². The van der Waals surface area contributed by atoms with Crippen molar-refractivity contribution in [3.05, 3.63) is 0 Å². The molecule has 0 radical (unpaired) electrons. The molecular formula is C11H23N3. The minimum atomic E-state index is 0.681. The molecule has 2 aliphatic heterocycles. The van der Waals surface area contributed by atoms with E-state index < -0.39 is 0 Å². The van der Waals surface area contributed by atoms with E-state index in [0.717, 1.165) is 5.92 Å². The Hall–Kier alpha value is -0.120. The second-order valence-electron chi connectivity index (χ2n) is 4.83. The van der Waals surface area contributed by atoms with Gasteiger partial charge in [0.1, 0.15) is 0 Å². The van der Waals surface area contributed by atoms with Crippen molar-refractivity contribution in [2.75, 3.05) is 39.3 Å². The first kappa shape index (κ1) is 10.4. The molecule has 82 valence electrons. The number of piperazine rings is 1. The van der Waals surface area contributed by atoms with Gasteiger partial charge in [-0.15, -0.1) is 0 Å². The summed E-state index contributed by atoms with van der Waals surface area (Å²) < 4.78 is 0. The summed E-state index contributed by atoms with van der Waals surface area (Å²) in [4.78, 5) is 2.62. The summed E-state index contributed by atoms with van der Waals surface area (Å²) in [7, 11) is 0. The molecule has 0 aromatic heterocycles. The van der Waals surface area contributed by atoms with Crippen molar-refractivity contribution in [1.29, 1.82) is 0 Å². The number of hydrogen-bond acceptors (Lipinski definition) is 3. The first-order chi connectivity index (χ1) is 6.84. The number of nitrogens with zero attached hydrogens (tertiary/aromatic N) is 1. The van der Waals surface area contributed by atoms with Gasteiger partial charge in [-0.05, 0) is 38.8 Å². The second kappa shape index (κ2) is 5.10. The summed E-state index contributed by atoms with van der Waals surface area (Å²) in [5.74, 6) is 0.897. The van der Waals surface area contributed by atoms with Crippen molar-refractivity contribution in [2.45, 2.75) is 25.8 Å². The molecule has 0 aromatic rings. The van der Waals surface area contributed by atoms with E-state index in [2.05, 4.69) is 22.5 Å². The van der Waals surface area contributed by atoms with Crippen LogP contribution in [0, 0.1) is 5.92 Å². The number of rotatable bonds is 2. The van der Waals surface area contributed by atoms with Crippen LogP contribution in [0.1, 0.15) is 19.8 Å². The molecule has 2 N–H and O–H groups in total. The second-order valence-corrected chi connectivity index (χ2v) is 4.83. The average molecular weight is 197 g/mol. The molecule has 2 aliphatic rings. The van der Waals surface area contributed by atoms with E-state index >= 15 is 0 Å². The first-order valence-electron chi connectivity index (χ1n) is 6.01. The molecule has 0 spiro atoms. The van der Waals surface area contributed by atoms with Crippen molar-refractivity contribution in [3.8, 4) is 0 Å². The molecule has 0 aromatic carbocycles. The van der Waals surface area contributed by atoms with Crippen molar-refractivity contribution in [1.82, 2.24) is 15.5 Å².